The summed E-state index contributed by atoms with van der Waals surface area (Å²) in [5.74, 6) is 0.987. The Morgan fingerprint density at radius 3 is 2.41 bits per heavy atom. The minimum Gasteiger partial charge on any atom is -0.326 e. The fourth-order valence-corrected chi connectivity index (χ4v) is 2.42. The van der Waals surface area contributed by atoms with Crippen LogP contribution >= 0.6 is 0 Å². The summed E-state index contributed by atoms with van der Waals surface area (Å²) in [5, 5.41) is 3.49. The number of nitrogens with one attached hydrogen (secondary N) is 1. The fraction of sp³-hybridized carbons (Fsp3) is 0.929. The van der Waals surface area contributed by atoms with E-state index < -0.39 is 0 Å². The lowest BCUT2D eigenvalue weighted by molar-refractivity contribution is -0.130. The zero-order valence-corrected chi connectivity index (χ0v) is 11.8. The van der Waals surface area contributed by atoms with Gasteiger partial charge in [0.25, 0.3) is 0 Å². The largest absolute Gasteiger partial charge is 0.326 e. The molecule has 0 aromatic rings. The Morgan fingerprint density at radius 2 is 1.88 bits per heavy atom. The number of amides is 1. The van der Waals surface area contributed by atoms with Crippen LogP contribution < -0.4 is 5.32 Å². The van der Waals surface area contributed by atoms with E-state index in [2.05, 4.69) is 37.9 Å². The van der Waals surface area contributed by atoms with Gasteiger partial charge in [0.15, 0.2) is 0 Å². The van der Waals surface area contributed by atoms with Gasteiger partial charge in [-0.25, -0.2) is 0 Å². The van der Waals surface area contributed by atoms with Crippen molar-refractivity contribution in [1.29, 1.82) is 0 Å². The van der Waals surface area contributed by atoms with Crippen molar-refractivity contribution in [1.82, 2.24) is 10.2 Å². The highest BCUT2D eigenvalue weighted by Crippen LogP contribution is 2.19. The Balaban J connectivity index is 2.58. The van der Waals surface area contributed by atoms with E-state index in [9.17, 15) is 4.79 Å². The molecule has 1 aliphatic heterocycles. The van der Waals surface area contributed by atoms with Gasteiger partial charge < -0.3 is 4.90 Å². The molecular weight excluding hydrogens is 212 g/mol. The molecular formula is C14H28N2O. The van der Waals surface area contributed by atoms with E-state index in [1.54, 1.807) is 0 Å². The predicted molar refractivity (Wildman–Crippen MR) is 71.7 cm³/mol. The number of carbonyl (C=O) groups excluding carboxylic acids is 1. The van der Waals surface area contributed by atoms with Gasteiger partial charge in [0.1, 0.15) is 0 Å². The average Bonchev–Trinajstić information content (AvgIpc) is 2.54. The molecule has 1 amide bonds. The van der Waals surface area contributed by atoms with E-state index in [-0.39, 0.29) is 12.2 Å². The predicted octanol–water partition coefficient (Wildman–Crippen LogP) is 2.76. The van der Waals surface area contributed by atoms with Gasteiger partial charge >= 0.3 is 0 Å². The number of carbonyl (C=O) groups is 1. The van der Waals surface area contributed by atoms with E-state index in [1.165, 1.54) is 0 Å². The van der Waals surface area contributed by atoms with Gasteiger partial charge in [0.2, 0.25) is 5.91 Å². The summed E-state index contributed by atoms with van der Waals surface area (Å²) in [5.41, 5.74) is 0. The number of hydrogen-bond acceptors (Lipinski definition) is 2. The molecule has 0 aromatic carbocycles. The van der Waals surface area contributed by atoms with Crippen LogP contribution in [0.25, 0.3) is 0 Å². The second-order valence-electron chi connectivity index (χ2n) is 5.53. The molecule has 1 rings (SSSR count). The maximum absolute atomic E-state index is 12.3. The molecule has 0 aliphatic carbocycles. The molecule has 3 nitrogen and oxygen atoms in total. The number of rotatable bonds is 7. The molecule has 1 saturated heterocycles. The number of hydrogen-bond donors (Lipinski definition) is 1. The van der Waals surface area contributed by atoms with Crippen LogP contribution in [0.2, 0.25) is 0 Å². The van der Waals surface area contributed by atoms with E-state index in [1.807, 2.05) is 0 Å². The summed E-state index contributed by atoms with van der Waals surface area (Å²) in [6.45, 7) is 9.66. The second-order valence-corrected chi connectivity index (χ2v) is 5.53. The van der Waals surface area contributed by atoms with Crippen LogP contribution in [0.5, 0.6) is 0 Å². The smallest absolute Gasteiger partial charge is 0.241 e. The Kier molecular flexibility index (Phi) is 5.96. The van der Waals surface area contributed by atoms with E-state index >= 15 is 0 Å². The lowest BCUT2D eigenvalue weighted by Gasteiger charge is -2.24. The van der Waals surface area contributed by atoms with Gasteiger partial charge in [-0.2, -0.15) is 0 Å². The first-order chi connectivity index (χ1) is 8.10. The van der Waals surface area contributed by atoms with Crippen molar-refractivity contribution in [3.8, 4) is 0 Å². The van der Waals surface area contributed by atoms with Crippen LogP contribution in [0.3, 0.4) is 0 Å². The third kappa shape index (κ3) is 3.98. The Labute approximate surface area is 106 Å². The maximum atomic E-state index is 12.3. The third-order valence-electron chi connectivity index (χ3n) is 3.44. The summed E-state index contributed by atoms with van der Waals surface area (Å²) in [6, 6.07) is 0.0729. The second kappa shape index (κ2) is 7.00. The molecule has 1 aliphatic rings. The van der Waals surface area contributed by atoms with E-state index in [0.717, 1.165) is 38.6 Å². The molecule has 3 heteroatoms. The first-order valence-corrected chi connectivity index (χ1v) is 7.16. The van der Waals surface area contributed by atoms with Crippen LogP contribution in [0.4, 0.5) is 0 Å². The number of nitrogens with zero attached hydrogens (tertiary/aromatic N) is 1. The highest BCUT2D eigenvalue weighted by Gasteiger charge is 2.36. The van der Waals surface area contributed by atoms with E-state index in [4.69, 9.17) is 0 Å². The molecule has 0 bridgehead atoms. The molecule has 100 valence electrons. The topological polar surface area (TPSA) is 32.3 Å². The molecule has 1 N–H and O–H groups in total. The fourth-order valence-electron chi connectivity index (χ4n) is 2.42. The Hall–Kier alpha value is -0.570. The Morgan fingerprint density at radius 1 is 1.24 bits per heavy atom. The summed E-state index contributed by atoms with van der Waals surface area (Å²) >= 11 is 0. The molecule has 1 fully saturated rings. The van der Waals surface area contributed by atoms with Crippen molar-refractivity contribution in [2.24, 2.45) is 5.92 Å². The molecule has 0 radical (unpaired) electrons. The molecule has 0 aromatic heterocycles. The first-order valence-electron chi connectivity index (χ1n) is 7.16. The first kappa shape index (κ1) is 14.5. The van der Waals surface area contributed by atoms with Crippen LogP contribution in [0.15, 0.2) is 0 Å². The van der Waals surface area contributed by atoms with Crippen molar-refractivity contribution in [3.63, 3.8) is 0 Å². The van der Waals surface area contributed by atoms with Crippen LogP contribution in [-0.2, 0) is 4.79 Å². The quantitative estimate of drug-likeness (QED) is 0.742. The van der Waals surface area contributed by atoms with Gasteiger partial charge in [0, 0.05) is 6.54 Å². The minimum absolute atomic E-state index is 0.0729. The van der Waals surface area contributed by atoms with Gasteiger partial charge in [0.05, 0.1) is 12.2 Å². The van der Waals surface area contributed by atoms with Crippen molar-refractivity contribution < 1.29 is 4.79 Å². The molecule has 0 spiro atoms. The van der Waals surface area contributed by atoms with Gasteiger partial charge in [-0.05, 0) is 25.2 Å². The van der Waals surface area contributed by atoms with Crippen molar-refractivity contribution in [2.75, 3.05) is 6.54 Å². The van der Waals surface area contributed by atoms with Crippen LogP contribution in [0, 0.1) is 5.92 Å². The minimum atomic E-state index is 0.0729. The SMILES string of the molecule is CCCC1NC(CCC)N(CCC(C)C)C1=O. The lowest BCUT2D eigenvalue weighted by Crippen LogP contribution is -2.38. The standard InChI is InChI=1S/C14H28N2O/c1-5-7-12-14(17)16(10-9-11(3)4)13(15-12)8-6-2/h11-13,15H,5-10H2,1-4H3. The van der Waals surface area contributed by atoms with E-state index in [0.29, 0.717) is 11.8 Å². The van der Waals surface area contributed by atoms with Gasteiger partial charge in [-0.3, -0.25) is 10.1 Å². The monoisotopic (exact) mass is 240 g/mol. The Bertz CT molecular complexity index is 240. The average molecular weight is 240 g/mol. The normalized spacial score (nSPS) is 25.0. The maximum Gasteiger partial charge on any atom is 0.241 e. The highest BCUT2D eigenvalue weighted by atomic mass is 16.2. The summed E-state index contributed by atoms with van der Waals surface area (Å²) in [4.78, 5) is 14.3. The van der Waals surface area contributed by atoms with Crippen molar-refractivity contribution >= 4 is 5.91 Å². The zero-order chi connectivity index (χ0) is 12.8. The summed E-state index contributed by atoms with van der Waals surface area (Å²) in [7, 11) is 0. The summed E-state index contributed by atoms with van der Waals surface area (Å²) < 4.78 is 0. The third-order valence-corrected chi connectivity index (χ3v) is 3.44. The molecule has 2 atom stereocenters. The van der Waals surface area contributed by atoms with Crippen LogP contribution in [0.1, 0.15) is 59.8 Å². The van der Waals surface area contributed by atoms with Crippen molar-refractivity contribution in [2.45, 2.75) is 72.0 Å². The molecule has 0 saturated carbocycles. The highest BCUT2D eigenvalue weighted by molar-refractivity contribution is 5.84. The van der Waals surface area contributed by atoms with Crippen LogP contribution in [-0.4, -0.2) is 29.6 Å². The zero-order valence-electron chi connectivity index (χ0n) is 11.8. The summed E-state index contributed by atoms with van der Waals surface area (Å²) in [6.07, 6.45) is 5.62. The molecule has 17 heavy (non-hydrogen) atoms. The van der Waals surface area contributed by atoms with Gasteiger partial charge in [-0.1, -0.05) is 40.5 Å². The molecule has 1 heterocycles. The lowest BCUT2D eigenvalue weighted by atomic mass is 10.1. The van der Waals surface area contributed by atoms with Crippen molar-refractivity contribution in [3.05, 3.63) is 0 Å². The van der Waals surface area contributed by atoms with Gasteiger partial charge in [-0.15, -0.1) is 0 Å². The molecule has 2 unspecified atom stereocenters.